The third kappa shape index (κ3) is 2.99. The first-order valence-electron chi connectivity index (χ1n) is 5.14. The molecule has 0 saturated heterocycles. The summed E-state index contributed by atoms with van der Waals surface area (Å²) in [7, 11) is 0. The van der Waals surface area contributed by atoms with Crippen LogP contribution in [0.5, 0.6) is 0 Å². The highest BCUT2D eigenvalue weighted by atomic mass is 32.1. The van der Waals surface area contributed by atoms with Crippen molar-refractivity contribution in [3.05, 3.63) is 12.2 Å². The molecule has 1 fully saturated rings. The van der Waals surface area contributed by atoms with Crippen LogP contribution in [0.15, 0.2) is 6.33 Å². The van der Waals surface area contributed by atoms with E-state index in [4.69, 9.17) is 18.0 Å². The van der Waals surface area contributed by atoms with Crippen molar-refractivity contribution in [1.82, 2.24) is 20.1 Å². The number of carbonyl (C=O) groups is 1. The lowest BCUT2D eigenvalue weighted by molar-refractivity contribution is -0.121. The standard InChI is InChI=1S/C9H13N5OS/c10-8(16)9-11-5-14(13-9)4-3-7(15)12-6-1-2-6/h5-6H,1-4H2,(H2,10,16)(H,12,15). The van der Waals surface area contributed by atoms with Crippen molar-refractivity contribution in [3.8, 4) is 0 Å². The van der Waals surface area contributed by atoms with Crippen molar-refractivity contribution in [2.45, 2.75) is 31.8 Å². The van der Waals surface area contributed by atoms with Crippen molar-refractivity contribution >= 4 is 23.1 Å². The summed E-state index contributed by atoms with van der Waals surface area (Å²) >= 11 is 4.74. The number of thiocarbonyl (C=S) groups is 1. The summed E-state index contributed by atoms with van der Waals surface area (Å²) in [6, 6.07) is 0.399. The minimum Gasteiger partial charge on any atom is -0.387 e. The first-order chi connectivity index (χ1) is 7.65. The lowest BCUT2D eigenvalue weighted by atomic mass is 10.4. The largest absolute Gasteiger partial charge is 0.387 e. The Bertz CT molecular complexity index is 412. The van der Waals surface area contributed by atoms with Crippen molar-refractivity contribution in [3.63, 3.8) is 0 Å². The Balaban J connectivity index is 1.79. The SMILES string of the molecule is NC(=S)c1ncn(CCC(=O)NC2CC2)n1. The average Bonchev–Trinajstić information content (AvgIpc) is 2.91. The zero-order chi connectivity index (χ0) is 11.5. The smallest absolute Gasteiger partial charge is 0.222 e. The van der Waals surface area contributed by atoms with E-state index in [0.29, 0.717) is 24.8 Å². The van der Waals surface area contributed by atoms with E-state index in [1.54, 1.807) is 4.68 Å². The van der Waals surface area contributed by atoms with E-state index in [9.17, 15) is 4.79 Å². The van der Waals surface area contributed by atoms with Gasteiger partial charge in [-0.05, 0) is 12.8 Å². The van der Waals surface area contributed by atoms with Crippen LogP contribution in [-0.4, -0.2) is 31.7 Å². The second-order valence-corrected chi connectivity index (χ2v) is 4.23. The van der Waals surface area contributed by atoms with Gasteiger partial charge in [-0.3, -0.25) is 9.48 Å². The number of rotatable bonds is 5. The molecule has 1 aromatic rings. The molecule has 0 aliphatic heterocycles. The number of aryl methyl sites for hydroxylation is 1. The van der Waals surface area contributed by atoms with Gasteiger partial charge >= 0.3 is 0 Å². The maximum atomic E-state index is 11.4. The lowest BCUT2D eigenvalue weighted by Gasteiger charge is -2.02. The molecule has 1 amide bonds. The number of carbonyl (C=O) groups excluding carboxylic acids is 1. The second kappa shape index (κ2) is 4.56. The quantitative estimate of drug-likeness (QED) is 0.682. The van der Waals surface area contributed by atoms with E-state index in [0.717, 1.165) is 12.8 Å². The third-order valence-corrected chi connectivity index (χ3v) is 2.45. The van der Waals surface area contributed by atoms with Crippen LogP contribution in [0.4, 0.5) is 0 Å². The molecule has 0 spiro atoms. The Morgan fingerprint density at radius 2 is 2.44 bits per heavy atom. The van der Waals surface area contributed by atoms with Crippen LogP contribution < -0.4 is 11.1 Å². The zero-order valence-corrected chi connectivity index (χ0v) is 9.54. The molecule has 2 rings (SSSR count). The van der Waals surface area contributed by atoms with Crippen LogP contribution in [0, 0.1) is 0 Å². The van der Waals surface area contributed by atoms with Crippen molar-refractivity contribution < 1.29 is 4.79 Å². The summed E-state index contributed by atoms with van der Waals surface area (Å²) in [5.74, 6) is 0.396. The predicted molar refractivity (Wildman–Crippen MR) is 61.7 cm³/mol. The molecule has 0 radical (unpaired) electrons. The minimum absolute atomic E-state index is 0.0508. The van der Waals surface area contributed by atoms with Gasteiger partial charge in [0.1, 0.15) is 11.3 Å². The fraction of sp³-hybridized carbons (Fsp3) is 0.556. The highest BCUT2D eigenvalue weighted by Crippen LogP contribution is 2.18. The van der Waals surface area contributed by atoms with Crippen LogP contribution in [0.2, 0.25) is 0 Å². The van der Waals surface area contributed by atoms with E-state index in [-0.39, 0.29) is 10.9 Å². The molecule has 6 nitrogen and oxygen atoms in total. The fourth-order valence-corrected chi connectivity index (χ4v) is 1.35. The third-order valence-electron chi connectivity index (χ3n) is 2.27. The summed E-state index contributed by atoms with van der Waals surface area (Å²) in [4.78, 5) is 15.5. The van der Waals surface area contributed by atoms with Gasteiger partial charge in [-0.2, -0.15) is 0 Å². The predicted octanol–water partition coefficient (Wildman–Crippen LogP) is -0.419. The molecular formula is C9H13N5OS. The Morgan fingerprint density at radius 3 is 3.00 bits per heavy atom. The van der Waals surface area contributed by atoms with E-state index in [1.807, 2.05) is 0 Å². The molecule has 16 heavy (non-hydrogen) atoms. The van der Waals surface area contributed by atoms with E-state index >= 15 is 0 Å². The Hall–Kier alpha value is -1.50. The maximum absolute atomic E-state index is 11.4. The van der Waals surface area contributed by atoms with Gasteiger partial charge in [0.05, 0.1) is 6.54 Å². The molecule has 0 bridgehead atoms. The molecule has 0 atom stereocenters. The summed E-state index contributed by atoms with van der Waals surface area (Å²) in [6.07, 6.45) is 4.12. The first kappa shape index (κ1) is 11.0. The van der Waals surface area contributed by atoms with Gasteiger partial charge in [0, 0.05) is 12.5 Å². The van der Waals surface area contributed by atoms with E-state index in [2.05, 4.69) is 15.4 Å². The molecule has 7 heteroatoms. The number of aromatic nitrogens is 3. The molecule has 1 aromatic heterocycles. The molecule has 0 unspecified atom stereocenters. The van der Waals surface area contributed by atoms with Crippen molar-refractivity contribution in [2.75, 3.05) is 0 Å². The highest BCUT2D eigenvalue weighted by Gasteiger charge is 2.22. The number of hydrogen-bond donors (Lipinski definition) is 2. The molecular weight excluding hydrogens is 226 g/mol. The highest BCUT2D eigenvalue weighted by molar-refractivity contribution is 7.80. The monoisotopic (exact) mass is 239 g/mol. The van der Waals surface area contributed by atoms with Crippen molar-refractivity contribution in [1.29, 1.82) is 0 Å². The van der Waals surface area contributed by atoms with E-state index < -0.39 is 0 Å². The van der Waals surface area contributed by atoms with Crippen molar-refractivity contribution in [2.24, 2.45) is 5.73 Å². The number of hydrogen-bond acceptors (Lipinski definition) is 4. The van der Waals surface area contributed by atoms with Gasteiger partial charge in [-0.25, -0.2) is 4.98 Å². The summed E-state index contributed by atoms with van der Waals surface area (Å²) in [5.41, 5.74) is 5.37. The average molecular weight is 239 g/mol. The molecule has 1 aliphatic carbocycles. The minimum atomic E-state index is 0.0508. The maximum Gasteiger partial charge on any atom is 0.222 e. The van der Waals surface area contributed by atoms with Crippen LogP contribution in [0.1, 0.15) is 25.1 Å². The fourth-order valence-electron chi connectivity index (χ4n) is 1.26. The van der Waals surface area contributed by atoms with Gasteiger partial charge < -0.3 is 11.1 Å². The molecule has 0 aromatic carbocycles. The molecule has 86 valence electrons. The molecule has 1 heterocycles. The van der Waals surface area contributed by atoms with Crippen LogP contribution in [0.3, 0.4) is 0 Å². The number of nitrogens with two attached hydrogens (primary N) is 1. The second-order valence-electron chi connectivity index (χ2n) is 3.79. The topological polar surface area (TPSA) is 85.8 Å². The number of nitrogens with one attached hydrogen (secondary N) is 1. The van der Waals surface area contributed by atoms with Crippen LogP contribution >= 0.6 is 12.2 Å². The van der Waals surface area contributed by atoms with Crippen LogP contribution in [-0.2, 0) is 11.3 Å². The van der Waals surface area contributed by atoms with Crippen LogP contribution in [0.25, 0.3) is 0 Å². The number of amides is 1. The zero-order valence-electron chi connectivity index (χ0n) is 8.72. The number of nitrogens with zero attached hydrogens (tertiary/aromatic N) is 3. The summed E-state index contributed by atoms with van der Waals surface area (Å²) < 4.78 is 1.57. The first-order valence-corrected chi connectivity index (χ1v) is 5.54. The Morgan fingerprint density at radius 1 is 1.69 bits per heavy atom. The van der Waals surface area contributed by atoms with Gasteiger partial charge in [0.2, 0.25) is 11.7 Å². The van der Waals surface area contributed by atoms with Gasteiger partial charge in [-0.1, -0.05) is 12.2 Å². The van der Waals surface area contributed by atoms with Gasteiger partial charge in [0.25, 0.3) is 0 Å². The molecule has 3 N–H and O–H groups in total. The Kier molecular flexibility index (Phi) is 3.14. The normalized spacial score (nSPS) is 14.8. The summed E-state index contributed by atoms with van der Waals surface area (Å²) in [5, 5.41) is 6.94. The van der Waals surface area contributed by atoms with Gasteiger partial charge in [0.15, 0.2) is 0 Å². The molecule has 1 saturated carbocycles. The van der Waals surface area contributed by atoms with Gasteiger partial charge in [-0.15, -0.1) is 5.10 Å². The van der Waals surface area contributed by atoms with E-state index in [1.165, 1.54) is 6.33 Å². The lowest BCUT2D eigenvalue weighted by Crippen LogP contribution is -2.26. The Labute approximate surface area is 98.2 Å². The summed E-state index contributed by atoms with van der Waals surface area (Å²) in [6.45, 7) is 0.494. The molecule has 1 aliphatic rings.